The first-order chi connectivity index (χ1) is 9.09. The van der Waals surface area contributed by atoms with Crippen LogP contribution in [0.3, 0.4) is 0 Å². The van der Waals surface area contributed by atoms with Gasteiger partial charge in [-0.15, -0.1) is 0 Å². The maximum atomic E-state index is 11.2. The molecule has 1 fully saturated rings. The summed E-state index contributed by atoms with van der Waals surface area (Å²) in [5.74, 6) is 1.26. The topological polar surface area (TPSA) is 81.0 Å². The number of hydrogen-bond donors (Lipinski definition) is 3. The van der Waals surface area contributed by atoms with Gasteiger partial charge in [-0.2, -0.15) is 11.8 Å². The first-order valence-electron chi connectivity index (χ1n) is 6.98. The third kappa shape index (κ3) is 7.82. The largest absolute Gasteiger partial charge is 0.481 e. The average molecular weight is 289 g/mol. The second kappa shape index (κ2) is 9.63. The van der Waals surface area contributed by atoms with Gasteiger partial charge in [0, 0.05) is 24.6 Å². The molecule has 0 amide bonds. The van der Waals surface area contributed by atoms with Crippen LogP contribution in [0.2, 0.25) is 6.32 Å². The van der Waals surface area contributed by atoms with Gasteiger partial charge in [-0.05, 0) is 25.7 Å². The minimum absolute atomic E-state index is 0.301. The molecule has 5 nitrogen and oxygen atoms in total. The molecule has 3 N–H and O–H groups in total. The van der Waals surface area contributed by atoms with E-state index in [1.807, 2.05) is 11.8 Å². The van der Waals surface area contributed by atoms with Crippen molar-refractivity contribution in [2.24, 2.45) is 5.92 Å². The van der Waals surface area contributed by atoms with Crippen LogP contribution in [-0.4, -0.2) is 64.3 Å². The van der Waals surface area contributed by atoms with Gasteiger partial charge in [-0.1, -0.05) is 12.8 Å². The highest BCUT2D eigenvalue weighted by atomic mass is 32.2. The van der Waals surface area contributed by atoms with Gasteiger partial charge in [0.05, 0.1) is 5.92 Å². The van der Waals surface area contributed by atoms with Gasteiger partial charge in [0.1, 0.15) is 0 Å². The second-order valence-corrected chi connectivity index (χ2v) is 6.27. The second-order valence-electron chi connectivity index (χ2n) is 5.04. The van der Waals surface area contributed by atoms with Crippen molar-refractivity contribution in [3.05, 3.63) is 0 Å². The minimum atomic E-state index is -1.27. The Hall–Kier alpha value is -0.235. The van der Waals surface area contributed by atoms with Crippen molar-refractivity contribution in [3.8, 4) is 0 Å². The van der Waals surface area contributed by atoms with Gasteiger partial charge in [-0.25, -0.2) is 0 Å². The molecule has 7 heteroatoms. The lowest BCUT2D eigenvalue weighted by molar-refractivity contribution is -0.142. The maximum Gasteiger partial charge on any atom is 0.451 e. The predicted octanol–water partition coefficient (Wildman–Crippen LogP) is 0.769. The van der Waals surface area contributed by atoms with E-state index in [0.29, 0.717) is 25.6 Å². The zero-order valence-electron chi connectivity index (χ0n) is 11.3. The SMILES string of the molecule is O=C(O)[C@@H](CCCCB(O)O)CCN1CCSCC1. The van der Waals surface area contributed by atoms with Crippen LogP contribution in [0.1, 0.15) is 25.7 Å². The summed E-state index contributed by atoms with van der Waals surface area (Å²) < 4.78 is 0. The molecule has 0 aromatic carbocycles. The van der Waals surface area contributed by atoms with E-state index >= 15 is 0 Å². The summed E-state index contributed by atoms with van der Waals surface area (Å²) in [5.41, 5.74) is 0. The smallest absolute Gasteiger partial charge is 0.451 e. The summed E-state index contributed by atoms with van der Waals surface area (Å²) in [4.78, 5) is 13.5. The molecular formula is C12H24BNO4S. The Kier molecular flexibility index (Phi) is 8.53. The number of thioether (sulfide) groups is 1. The fraction of sp³-hybridized carbons (Fsp3) is 0.917. The van der Waals surface area contributed by atoms with Crippen molar-refractivity contribution in [2.75, 3.05) is 31.1 Å². The van der Waals surface area contributed by atoms with Gasteiger partial charge in [0.2, 0.25) is 0 Å². The van der Waals surface area contributed by atoms with Crippen molar-refractivity contribution < 1.29 is 19.9 Å². The van der Waals surface area contributed by atoms with Gasteiger partial charge < -0.3 is 20.1 Å². The van der Waals surface area contributed by atoms with Crippen LogP contribution in [-0.2, 0) is 4.79 Å². The number of nitrogens with zero attached hydrogens (tertiary/aromatic N) is 1. The normalized spacial score (nSPS) is 18.2. The van der Waals surface area contributed by atoms with E-state index < -0.39 is 13.1 Å². The van der Waals surface area contributed by atoms with Crippen molar-refractivity contribution in [1.82, 2.24) is 4.90 Å². The molecular weight excluding hydrogens is 265 g/mol. The van der Waals surface area contributed by atoms with E-state index in [1.54, 1.807) is 0 Å². The van der Waals surface area contributed by atoms with E-state index in [0.717, 1.165) is 37.6 Å². The standard InChI is InChI=1S/C12H24BNO4S/c15-12(16)11(3-1-2-5-13(17)18)4-6-14-7-9-19-10-8-14/h11,17-18H,1-10H2,(H,15,16)/t11-/m0/s1. The molecule has 0 radical (unpaired) electrons. The first-order valence-corrected chi connectivity index (χ1v) is 8.14. The van der Waals surface area contributed by atoms with Crippen LogP contribution in [0.4, 0.5) is 0 Å². The number of hydrogen-bond acceptors (Lipinski definition) is 5. The molecule has 0 aromatic rings. The highest BCUT2D eigenvalue weighted by Crippen LogP contribution is 2.17. The van der Waals surface area contributed by atoms with Gasteiger partial charge in [0.15, 0.2) is 0 Å². The zero-order valence-corrected chi connectivity index (χ0v) is 12.1. The van der Waals surface area contributed by atoms with Gasteiger partial charge >= 0.3 is 13.1 Å². The number of rotatable bonds is 9. The van der Waals surface area contributed by atoms with Crippen molar-refractivity contribution >= 4 is 24.8 Å². The summed E-state index contributed by atoms with van der Waals surface area (Å²) in [5, 5.41) is 26.7. The van der Waals surface area contributed by atoms with Crippen LogP contribution in [0.5, 0.6) is 0 Å². The zero-order chi connectivity index (χ0) is 14.1. The van der Waals surface area contributed by atoms with Gasteiger partial charge in [0.25, 0.3) is 0 Å². The molecule has 1 aliphatic heterocycles. The highest BCUT2D eigenvalue weighted by Gasteiger charge is 2.19. The molecule has 0 saturated carbocycles. The molecule has 19 heavy (non-hydrogen) atoms. The minimum Gasteiger partial charge on any atom is -0.481 e. The molecule has 1 saturated heterocycles. The number of aliphatic carboxylic acids is 1. The molecule has 0 unspecified atom stereocenters. The van der Waals surface area contributed by atoms with E-state index in [2.05, 4.69) is 4.90 Å². The van der Waals surface area contributed by atoms with Crippen LogP contribution in [0, 0.1) is 5.92 Å². The van der Waals surface area contributed by atoms with E-state index in [4.69, 9.17) is 10.0 Å². The number of carboxylic acid groups (broad SMARTS) is 1. The molecule has 1 rings (SSSR count). The van der Waals surface area contributed by atoms with E-state index in [-0.39, 0.29) is 5.92 Å². The fourth-order valence-corrected chi connectivity index (χ4v) is 3.25. The predicted molar refractivity (Wildman–Crippen MR) is 78.4 cm³/mol. The molecule has 110 valence electrons. The first kappa shape index (κ1) is 16.8. The Bertz CT molecular complexity index is 262. The third-order valence-electron chi connectivity index (χ3n) is 3.51. The van der Waals surface area contributed by atoms with Crippen LogP contribution < -0.4 is 0 Å². The van der Waals surface area contributed by atoms with E-state index in [9.17, 15) is 9.90 Å². The Labute approximate surface area is 119 Å². The fourth-order valence-electron chi connectivity index (χ4n) is 2.27. The molecule has 1 atom stereocenters. The summed E-state index contributed by atoms with van der Waals surface area (Å²) >= 11 is 1.95. The summed E-state index contributed by atoms with van der Waals surface area (Å²) in [6.07, 6.45) is 3.06. The maximum absolute atomic E-state index is 11.2. The molecule has 0 bridgehead atoms. The van der Waals surface area contributed by atoms with Crippen molar-refractivity contribution in [2.45, 2.75) is 32.0 Å². The lowest BCUT2D eigenvalue weighted by atomic mass is 9.82. The van der Waals surface area contributed by atoms with Crippen molar-refractivity contribution in [1.29, 1.82) is 0 Å². The lowest BCUT2D eigenvalue weighted by Gasteiger charge is -2.27. The van der Waals surface area contributed by atoms with Crippen molar-refractivity contribution in [3.63, 3.8) is 0 Å². The number of unbranched alkanes of at least 4 members (excludes halogenated alkanes) is 1. The summed E-state index contributed by atoms with van der Waals surface area (Å²) in [7, 11) is -1.27. The van der Waals surface area contributed by atoms with Crippen LogP contribution in [0.25, 0.3) is 0 Å². The van der Waals surface area contributed by atoms with Crippen LogP contribution in [0.15, 0.2) is 0 Å². The Balaban J connectivity index is 2.18. The Morgan fingerprint density at radius 2 is 1.89 bits per heavy atom. The summed E-state index contributed by atoms with van der Waals surface area (Å²) in [6, 6.07) is 0. The molecule has 0 aliphatic carbocycles. The monoisotopic (exact) mass is 289 g/mol. The summed E-state index contributed by atoms with van der Waals surface area (Å²) in [6.45, 7) is 2.99. The lowest BCUT2D eigenvalue weighted by Crippen LogP contribution is -2.34. The average Bonchev–Trinajstić information content (AvgIpc) is 2.38. The molecule has 1 aliphatic rings. The van der Waals surface area contributed by atoms with E-state index in [1.165, 1.54) is 0 Å². The molecule has 1 heterocycles. The number of carboxylic acids is 1. The third-order valence-corrected chi connectivity index (χ3v) is 4.45. The Morgan fingerprint density at radius 3 is 2.47 bits per heavy atom. The molecule has 0 aromatic heterocycles. The quantitative estimate of drug-likeness (QED) is 0.430. The van der Waals surface area contributed by atoms with Crippen LogP contribution >= 0.6 is 11.8 Å². The Morgan fingerprint density at radius 1 is 1.21 bits per heavy atom. The number of carbonyl (C=O) groups is 1. The molecule has 0 spiro atoms. The van der Waals surface area contributed by atoms with Gasteiger partial charge in [-0.3, -0.25) is 4.79 Å². The highest BCUT2D eigenvalue weighted by molar-refractivity contribution is 7.99.